The van der Waals surface area contributed by atoms with E-state index in [4.69, 9.17) is 4.74 Å². The van der Waals surface area contributed by atoms with Gasteiger partial charge in [-0.25, -0.2) is 0 Å². The van der Waals surface area contributed by atoms with Gasteiger partial charge in [-0.15, -0.1) is 0 Å². The summed E-state index contributed by atoms with van der Waals surface area (Å²) >= 11 is 0. The lowest BCUT2D eigenvalue weighted by Crippen LogP contribution is -2.57. The van der Waals surface area contributed by atoms with Crippen LogP contribution in [0, 0.1) is 50.7 Å². The van der Waals surface area contributed by atoms with Gasteiger partial charge < -0.3 is 4.74 Å². The molecule has 0 N–H and O–H groups in total. The van der Waals surface area contributed by atoms with Gasteiger partial charge in [0.1, 0.15) is 0 Å². The first-order chi connectivity index (χ1) is 14.4. The van der Waals surface area contributed by atoms with Gasteiger partial charge in [-0.2, -0.15) is 0 Å². The molecule has 1 nitrogen and oxygen atoms in total. The third-order valence-electron chi connectivity index (χ3n) is 13.7. The minimum absolute atomic E-state index is 0.122. The lowest BCUT2D eigenvalue weighted by Gasteiger charge is -2.63. The van der Waals surface area contributed by atoms with Crippen molar-refractivity contribution in [2.75, 3.05) is 0 Å². The van der Waals surface area contributed by atoms with Crippen LogP contribution in [0.4, 0.5) is 0 Å². The van der Waals surface area contributed by atoms with Crippen molar-refractivity contribution >= 4 is 0 Å². The maximum absolute atomic E-state index is 6.94. The van der Waals surface area contributed by atoms with E-state index in [1.54, 1.807) is 12.8 Å². The summed E-state index contributed by atoms with van der Waals surface area (Å²) in [7, 11) is 0. The van der Waals surface area contributed by atoms with Crippen molar-refractivity contribution in [2.45, 2.75) is 137 Å². The lowest BCUT2D eigenvalue weighted by atomic mass is 9.42. The summed E-state index contributed by atoms with van der Waals surface area (Å²) in [4.78, 5) is 0. The van der Waals surface area contributed by atoms with Gasteiger partial charge in [0.15, 0.2) is 0 Å². The summed E-state index contributed by atoms with van der Waals surface area (Å²) in [5.41, 5.74) is 3.17. The molecule has 6 fully saturated rings. The maximum atomic E-state index is 6.94. The van der Waals surface area contributed by atoms with E-state index in [0.717, 1.165) is 23.2 Å². The predicted octanol–water partition coefficient (Wildman–Crippen LogP) is 8.41. The SMILES string of the molecule is CC(C)[C@@H]1CC[C@](C)([C@H]2CC[C@@]3(C)C4CC[C@H]5C(C)(C)CCC[C@@]56CC46CC[C@]23C)O1. The molecule has 0 amide bonds. The Morgan fingerprint density at radius 3 is 2.03 bits per heavy atom. The second kappa shape index (κ2) is 6.14. The van der Waals surface area contributed by atoms with Gasteiger partial charge in [0.2, 0.25) is 0 Å². The van der Waals surface area contributed by atoms with Gasteiger partial charge in [0, 0.05) is 0 Å². The van der Waals surface area contributed by atoms with Crippen LogP contribution in [-0.4, -0.2) is 11.7 Å². The molecule has 176 valence electrons. The van der Waals surface area contributed by atoms with Crippen molar-refractivity contribution in [3.8, 4) is 0 Å². The molecule has 31 heavy (non-hydrogen) atoms. The van der Waals surface area contributed by atoms with E-state index in [9.17, 15) is 0 Å². The van der Waals surface area contributed by atoms with E-state index in [2.05, 4.69) is 48.5 Å². The largest absolute Gasteiger partial charge is 0.371 e. The molecule has 5 saturated carbocycles. The minimum Gasteiger partial charge on any atom is -0.371 e. The van der Waals surface area contributed by atoms with Crippen LogP contribution in [0.15, 0.2) is 0 Å². The Labute approximate surface area is 192 Å². The Morgan fingerprint density at radius 1 is 0.645 bits per heavy atom. The topological polar surface area (TPSA) is 9.23 Å². The van der Waals surface area contributed by atoms with Crippen molar-refractivity contribution < 1.29 is 4.74 Å². The molecule has 2 spiro atoms. The molecule has 0 bridgehead atoms. The van der Waals surface area contributed by atoms with Crippen molar-refractivity contribution in [1.29, 1.82) is 0 Å². The number of ether oxygens (including phenoxy) is 1. The molecule has 5 aliphatic carbocycles. The Kier molecular flexibility index (Phi) is 4.26. The van der Waals surface area contributed by atoms with Crippen molar-refractivity contribution in [3.05, 3.63) is 0 Å². The van der Waals surface area contributed by atoms with E-state index in [1.165, 1.54) is 64.2 Å². The molecule has 6 rings (SSSR count). The predicted molar refractivity (Wildman–Crippen MR) is 129 cm³/mol. The quantitative estimate of drug-likeness (QED) is 0.430. The molecule has 0 aromatic heterocycles. The fourth-order valence-corrected chi connectivity index (χ4v) is 12.0. The summed E-state index contributed by atoms with van der Waals surface area (Å²) in [6.07, 6.45) is 18.2. The van der Waals surface area contributed by atoms with Crippen molar-refractivity contribution in [1.82, 2.24) is 0 Å². The molecule has 0 aromatic carbocycles. The van der Waals surface area contributed by atoms with E-state index < -0.39 is 0 Å². The van der Waals surface area contributed by atoms with Gasteiger partial charge in [0.05, 0.1) is 11.7 Å². The third kappa shape index (κ3) is 2.39. The minimum atomic E-state index is 0.122. The Hall–Kier alpha value is -0.0400. The fraction of sp³-hybridized carbons (Fsp3) is 1.00. The van der Waals surface area contributed by atoms with Gasteiger partial charge in [-0.3, -0.25) is 0 Å². The zero-order valence-electron chi connectivity index (χ0n) is 21.8. The second-order valence-corrected chi connectivity index (χ2v) is 15.2. The van der Waals surface area contributed by atoms with Crippen LogP contribution in [0.2, 0.25) is 0 Å². The summed E-state index contributed by atoms with van der Waals surface area (Å²) in [5, 5.41) is 0. The molecule has 1 aliphatic heterocycles. The van der Waals surface area contributed by atoms with Crippen LogP contribution >= 0.6 is 0 Å². The van der Waals surface area contributed by atoms with E-state index in [1.807, 2.05) is 0 Å². The zero-order valence-corrected chi connectivity index (χ0v) is 21.8. The molecular formula is C30H50O. The Bertz CT molecular complexity index is 768. The van der Waals surface area contributed by atoms with Crippen molar-refractivity contribution in [3.63, 3.8) is 0 Å². The highest BCUT2D eigenvalue weighted by molar-refractivity contribution is 5.30. The summed E-state index contributed by atoms with van der Waals surface area (Å²) in [6.45, 7) is 18.0. The van der Waals surface area contributed by atoms with Crippen molar-refractivity contribution in [2.24, 2.45) is 50.7 Å². The summed E-state index contributed by atoms with van der Waals surface area (Å²) < 4.78 is 6.94. The molecule has 9 atom stereocenters. The van der Waals surface area contributed by atoms with Gasteiger partial charge in [-0.1, -0.05) is 48.0 Å². The van der Waals surface area contributed by atoms with E-state index >= 15 is 0 Å². The van der Waals surface area contributed by atoms with Crippen LogP contribution in [0.1, 0.15) is 126 Å². The average molecular weight is 427 g/mol. The number of rotatable bonds is 2. The van der Waals surface area contributed by atoms with Gasteiger partial charge in [0.25, 0.3) is 0 Å². The average Bonchev–Trinajstić information content (AvgIpc) is 3.01. The van der Waals surface area contributed by atoms with Crippen LogP contribution < -0.4 is 0 Å². The second-order valence-electron chi connectivity index (χ2n) is 15.2. The van der Waals surface area contributed by atoms with Crippen LogP contribution in [0.25, 0.3) is 0 Å². The van der Waals surface area contributed by atoms with Crippen LogP contribution in [-0.2, 0) is 4.74 Å². The fourth-order valence-electron chi connectivity index (χ4n) is 12.0. The van der Waals surface area contributed by atoms with Gasteiger partial charge >= 0.3 is 0 Å². The first-order valence-electron chi connectivity index (χ1n) is 14.1. The van der Waals surface area contributed by atoms with E-state index in [-0.39, 0.29) is 5.60 Å². The van der Waals surface area contributed by atoms with E-state index in [0.29, 0.717) is 33.7 Å². The molecule has 1 saturated heterocycles. The molecule has 0 radical (unpaired) electrons. The monoisotopic (exact) mass is 426 g/mol. The number of hydrogen-bond acceptors (Lipinski definition) is 1. The smallest absolute Gasteiger partial charge is 0.0692 e. The first-order valence-corrected chi connectivity index (χ1v) is 14.1. The molecule has 2 unspecified atom stereocenters. The summed E-state index contributed by atoms with van der Waals surface area (Å²) in [5.74, 6) is 3.42. The molecule has 1 heterocycles. The molecule has 1 heteroatoms. The normalized spacial score (nSPS) is 59.6. The lowest BCUT2D eigenvalue weighted by molar-refractivity contribution is -0.172. The number of fused-ring (bicyclic) bond motifs is 2. The highest BCUT2D eigenvalue weighted by Gasteiger charge is 2.82. The maximum Gasteiger partial charge on any atom is 0.0692 e. The Balaban J connectivity index is 1.32. The highest BCUT2D eigenvalue weighted by atomic mass is 16.5. The first kappa shape index (κ1) is 21.5. The molecular weight excluding hydrogens is 376 g/mol. The highest BCUT2D eigenvalue weighted by Crippen LogP contribution is 2.89. The third-order valence-corrected chi connectivity index (χ3v) is 13.7. The molecule has 6 aliphatic rings. The van der Waals surface area contributed by atoms with Gasteiger partial charge in [-0.05, 0) is 128 Å². The van der Waals surface area contributed by atoms with Crippen LogP contribution in [0.3, 0.4) is 0 Å². The van der Waals surface area contributed by atoms with Crippen LogP contribution in [0.5, 0.6) is 0 Å². The Morgan fingerprint density at radius 2 is 1.32 bits per heavy atom. The molecule has 0 aromatic rings. The zero-order chi connectivity index (χ0) is 22.1. The number of hydrogen-bond donors (Lipinski definition) is 0. The standard InChI is InChI=1S/C30H50O/c1-20(2)21-11-16-28(7,31-21)23-12-15-26(5)24-10-9-22-25(3,4)13-8-14-29(22)19-30(24,29)18-17-27(23,26)6/h20-24H,8-19H2,1-7H3/t21-,22-,23-,24?,26-,27+,28+,29+,30?/m0/s1. The summed E-state index contributed by atoms with van der Waals surface area (Å²) in [6, 6.07) is 0.